The van der Waals surface area contributed by atoms with Gasteiger partial charge in [0, 0.05) is 57.4 Å². The Morgan fingerprint density at radius 3 is 2.42 bits per heavy atom. The van der Waals surface area contributed by atoms with E-state index < -0.39 is 11.7 Å². The van der Waals surface area contributed by atoms with Gasteiger partial charge in [0.15, 0.2) is 0 Å². The fraction of sp³-hybridized carbons (Fsp3) is 0.552. The summed E-state index contributed by atoms with van der Waals surface area (Å²) >= 11 is 0. The predicted molar refractivity (Wildman–Crippen MR) is 141 cm³/mol. The van der Waals surface area contributed by atoms with E-state index in [1.54, 1.807) is 6.07 Å². The van der Waals surface area contributed by atoms with Gasteiger partial charge in [0.25, 0.3) is 0 Å². The molecule has 0 aromatic heterocycles. The van der Waals surface area contributed by atoms with Gasteiger partial charge in [-0.2, -0.15) is 13.2 Å². The number of likely N-dealkylation sites (tertiary alicyclic amines) is 1. The SMILES string of the molecule is CCOc1ccc(CN2CC[C@@H](N3CCN(c4cccc(C(F)(F)F)c4)CC3)[C@@H](CCC(=O)OC)C2)cc1. The highest BCUT2D eigenvalue weighted by molar-refractivity contribution is 5.69. The average Bonchev–Trinajstić information content (AvgIpc) is 2.93. The first kappa shape index (κ1) is 28.2. The molecule has 38 heavy (non-hydrogen) atoms. The Morgan fingerprint density at radius 1 is 1.03 bits per heavy atom. The van der Waals surface area contributed by atoms with Crippen LogP contribution in [0.25, 0.3) is 0 Å². The summed E-state index contributed by atoms with van der Waals surface area (Å²) in [5, 5.41) is 0. The number of esters is 1. The van der Waals surface area contributed by atoms with Gasteiger partial charge in [-0.1, -0.05) is 18.2 Å². The molecule has 2 aliphatic heterocycles. The molecule has 0 aliphatic carbocycles. The van der Waals surface area contributed by atoms with E-state index in [1.807, 2.05) is 24.0 Å². The molecule has 2 atom stereocenters. The fourth-order valence-corrected chi connectivity index (χ4v) is 5.72. The molecular weight excluding hydrogens is 495 g/mol. The highest BCUT2D eigenvalue weighted by Crippen LogP contribution is 2.33. The zero-order valence-corrected chi connectivity index (χ0v) is 22.3. The van der Waals surface area contributed by atoms with E-state index in [0.717, 1.165) is 57.4 Å². The predicted octanol–water partition coefficient (Wildman–Crippen LogP) is 5.07. The Kier molecular flexibility index (Phi) is 9.54. The molecule has 0 amide bonds. The second-order valence-corrected chi connectivity index (χ2v) is 10.1. The largest absolute Gasteiger partial charge is 0.494 e. The summed E-state index contributed by atoms with van der Waals surface area (Å²) < 4.78 is 50.0. The Morgan fingerprint density at radius 2 is 1.76 bits per heavy atom. The van der Waals surface area contributed by atoms with Gasteiger partial charge in [-0.05, 0) is 68.1 Å². The number of nitrogens with zero attached hydrogens (tertiary/aromatic N) is 3. The number of alkyl halides is 3. The molecule has 0 saturated carbocycles. The van der Waals surface area contributed by atoms with Crippen LogP contribution in [-0.2, 0) is 22.3 Å². The lowest BCUT2D eigenvalue weighted by molar-refractivity contribution is -0.141. The number of methoxy groups -OCH3 is 1. The van der Waals surface area contributed by atoms with Gasteiger partial charge in [-0.15, -0.1) is 0 Å². The molecule has 4 rings (SSSR count). The number of hydrogen-bond donors (Lipinski definition) is 0. The minimum Gasteiger partial charge on any atom is -0.494 e. The van der Waals surface area contributed by atoms with E-state index in [1.165, 1.54) is 24.8 Å². The second-order valence-electron chi connectivity index (χ2n) is 10.1. The van der Waals surface area contributed by atoms with Crippen molar-refractivity contribution in [3.05, 3.63) is 59.7 Å². The highest BCUT2D eigenvalue weighted by atomic mass is 19.4. The first-order valence-electron chi connectivity index (χ1n) is 13.4. The van der Waals surface area contributed by atoms with Crippen LogP contribution < -0.4 is 9.64 Å². The molecular formula is C29H38F3N3O3. The lowest BCUT2D eigenvalue weighted by atomic mass is 9.86. The minimum absolute atomic E-state index is 0.193. The third-order valence-corrected chi connectivity index (χ3v) is 7.69. The van der Waals surface area contributed by atoms with Crippen molar-refractivity contribution in [1.82, 2.24) is 9.80 Å². The summed E-state index contributed by atoms with van der Waals surface area (Å²) in [4.78, 5) is 18.9. The van der Waals surface area contributed by atoms with Gasteiger partial charge in [0.05, 0.1) is 19.3 Å². The lowest BCUT2D eigenvalue weighted by Gasteiger charge is -2.47. The summed E-state index contributed by atoms with van der Waals surface area (Å²) in [7, 11) is 1.42. The second kappa shape index (κ2) is 12.8. The quantitative estimate of drug-likeness (QED) is 0.420. The van der Waals surface area contributed by atoms with Crippen LogP contribution in [0.3, 0.4) is 0 Å². The summed E-state index contributed by atoms with van der Waals surface area (Å²) in [6, 6.07) is 14.1. The summed E-state index contributed by atoms with van der Waals surface area (Å²) in [6.45, 7) is 8.24. The molecule has 2 aromatic rings. The molecule has 2 aromatic carbocycles. The van der Waals surface area contributed by atoms with E-state index in [2.05, 4.69) is 21.9 Å². The number of halogens is 3. The van der Waals surface area contributed by atoms with Crippen molar-refractivity contribution in [1.29, 1.82) is 0 Å². The van der Waals surface area contributed by atoms with Crippen LogP contribution in [0.5, 0.6) is 5.75 Å². The van der Waals surface area contributed by atoms with Gasteiger partial charge in [0.2, 0.25) is 0 Å². The average molecular weight is 534 g/mol. The number of benzene rings is 2. The van der Waals surface area contributed by atoms with Crippen molar-refractivity contribution in [3.8, 4) is 5.75 Å². The van der Waals surface area contributed by atoms with E-state index in [9.17, 15) is 18.0 Å². The van der Waals surface area contributed by atoms with Crippen LogP contribution in [0.4, 0.5) is 18.9 Å². The Labute approximate surface area is 223 Å². The number of piperidine rings is 1. The maximum Gasteiger partial charge on any atom is 0.416 e. The number of piperazine rings is 1. The summed E-state index contributed by atoms with van der Waals surface area (Å²) in [6.07, 6.45) is -2.21. The highest BCUT2D eigenvalue weighted by Gasteiger charge is 2.35. The van der Waals surface area contributed by atoms with Crippen LogP contribution in [0.1, 0.15) is 37.3 Å². The third kappa shape index (κ3) is 7.41. The van der Waals surface area contributed by atoms with Crippen molar-refractivity contribution in [2.75, 3.05) is 57.9 Å². The lowest BCUT2D eigenvalue weighted by Crippen LogP contribution is -2.56. The number of hydrogen-bond acceptors (Lipinski definition) is 6. The number of ether oxygens (including phenoxy) is 2. The van der Waals surface area contributed by atoms with E-state index in [-0.39, 0.29) is 5.97 Å². The normalized spacial score (nSPS) is 21.3. The van der Waals surface area contributed by atoms with Crippen molar-refractivity contribution in [2.24, 2.45) is 5.92 Å². The molecule has 0 unspecified atom stereocenters. The smallest absolute Gasteiger partial charge is 0.416 e. The number of carbonyl (C=O) groups is 1. The van der Waals surface area contributed by atoms with Crippen molar-refractivity contribution in [3.63, 3.8) is 0 Å². The van der Waals surface area contributed by atoms with Crippen LogP contribution in [0.2, 0.25) is 0 Å². The Hall–Kier alpha value is -2.78. The first-order chi connectivity index (χ1) is 18.3. The molecule has 2 fully saturated rings. The van der Waals surface area contributed by atoms with Crippen molar-refractivity contribution < 1.29 is 27.4 Å². The molecule has 0 spiro atoms. The van der Waals surface area contributed by atoms with Crippen LogP contribution in [0, 0.1) is 5.92 Å². The zero-order valence-electron chi connectivity index (χ0n) is 22.3. The maximum atomic E-state index is 13.2. The first-order valence-corrected chi connectivity index (χ1v) is 13.4. The van der Waals surface area contributed by atoms with Crippen LogP contribution in [-0.4, -0.2) is 74.8 Å². The van der Waals surface area contributed by atoms with Gasteiger partial charge >= 0.3 is 12.1 Å². The number of anilines is 1. The molecule has 2 saturated heterocycles. The van der Waals surface area contributed by atoms with Crippen LogP contribution >= 0.6 is 0 Å². The minimum atomic E-state index is -4.34. The maximum absolute atomic E-state index is 13.2. The monoisotopic (exact) mass is 533 g/mol. The molecule has 0 bridgehead atoms. The third-order valence-electron chi connectivity index (χ3n) is 7.69. The fourth-order valence-electron chi connectivity index (χ4n) is 5.72. The Balaban J connectivity index is 1.38. The van der Waals surface area contributed by atoms with Gasteiger partial charge < -0.3 is 14.4 Å². The van der Waals surface area contributed by atoms with Crippen molar-refractivity contribution in [2.45, 2.75) is 44.9 Å². The molecule has 208 valence electrons. The topological polar surface area (TPSA) is 45.2 Å². The Bertz CT molecular complexity index is 1040. The van der Waals surface area contributed by atoms with E-state index in [4.69, 9.17) is 9.47 Å². The summed E-state index contributed by atoms with van der Waals surface area (Å²) in [5.74, 6) is 0.989. The van der Waals surface area contributed by atoms with Gasteiger partial charge in [0.1, 0.15) is 5.75 Å². The van der Waals surface area contributed by atoms with Gasteiger partial charge in [-0.25, -0.2) is 0 Å². The van der Waals surface area contributed by atoms with E-state index >= 15 is 0 Å². The molecule has 0 radical (unpaired) electrons. The standard InChI is InChI=1S/C29H38F3N3O3/c1-3-38-26-10-7-22(8-11-26)20-33-14-13-27(23(21-33)9-12-28(36)37-2)35-17-15-34(16-18-35)25-6-4-5-24(19-25)29(30,31)32/h4-8,10-11,19,23,27H,3,9,12-18,20-21H2,1-2H3/t23-,27+/m0/s1. The molecule has 6 nitrogen and oxygen atoms in total. The van der Waals surface area contributed by atoms with Crippen molar-refractivity contribution >= 4 is 11.7 Å². The zero-order chi connectivity index (χ0) is 27.1. The molecule has 2 heterocycles. The van der Waals surface area contributed by atoms with Gasteiger partial charge in [-0.3, -0.25) is 14.6 Å². The number of carbonyl (C=O) groups excluding carboxylic acids is 1. The molecule has 2 aliphatic rings. The van der Waals surface area contributed by atoms with E-state index in [0.29, 0.717) is 43.8 Å². The van der Waals surface area contributed by atoms with Crippen LogP contribution in [0.15, 0.2) is 48.5 Å². The summed E-state index contributed by atoms with van der Waals surface area (Å²) in [5.41, 5.74) is 1.24. The molecule has 9 heteroatoms. The number of rotatable bonds is 9. The molecule has 0 N–H and O–H groups in total.